The van der Waals surface area contributed by atoms with Gasteiger partial charge in [-0.05, 0) is 24.6 Å². The Bertz CT molecular complexity index is 937. The van der Waals surface area contributed by atoms with Crippen LogP contribution in [0.4, 0.5) is 5.82 Å². The van der Waals surface area contributed by atoms with Crippen LogP contribution in [0.25, 0.3) is 0 Å². The van der Waals surface area contributed by atoms with Gasteiger partial charge in [-0.1, -0.05) is 36.4 Å². The number of rotatable bonds is 7. The number of Topliss-reactive ketones (excluding diaryl/α,β-unsaturated/α-hetero) is 1. The number of aromatic nitrogens is 1. The largest absolute Gasteiger partial charge is 0.355 e. The molecule has 1 N–H and O–H groups in total. The minimum Gasteiger partial charge on any atom is -0.355 e. The molecule has 6 heteroatoms. The van der Waals surface area contributed by atoms with E-state index in [-0.39, 0.29) is 11.7 Å². The maximum absolute atomic E-state index is 12.4. The molecule has 0 bridgehead atoms. The Kier molecular flexibility index (Phi) is 5.98. The first-order valence-corrected chi connectivity index (χ1v) is 9.49. The first kappa shape index (κ1) is 18.8. The fourth-order valence-electron chi connectivity index (χ4n) is 2.76. The quantitative estimate of drug-likeness (QED) is 0.632. The Balaban J connectivity index is 1.68. The second kappa shape index (κ2) is 8.60. The fourth-order valence-corrected chi connectivity index (χ4v) is 3.55. The van der Waals surface area contributed by atoms with E-state index in [4.69, 9.17) is 0 Å². The van der Waals surface area contributed by atoms with Crippen LogP contribution in [0.5, 0.6) is 0 Å². The first-order valence-electron chi connectivity index (χ1n) is 8.61. The van der Waals surface area contributed by atoms with Crippen molar-refractivity contribution in [1.82, 2.24) is 10.3 Å². The lowest BCUT2D eigenvalue weighted by molar-refractivity contribution is 0.0951. The van der Waals surface area contributed by atoms with E-state index in [1.54, 1.807) is 17.6 Å². The predicted molar refractivity (Wildman–Crippen MR) is 108 cm³/mol. The highest BCUT2D eigenvalue weighted by Crippen LogP contribution is 2.19. The molecule has 1 aromatic carbocycles. The number of carbonyl (C=O) groups excluding carboxylic acids is 2. The van der Waals surface area contributed by atoms with Crippen molar-refractivity contribution in [1.29, 1.82) is 0 Å². The minimum absolute atomic E-state index is 0.0314. The van der Waals surface area contributed by atoms with Gasteiger partial charge in [0.15, 0.2) is 5.78 Å². The highest BCUT2D eigenvalue weighted by molar-refractivity contribution is 7.12. The Morgan fingerprint density at radius 3 is 2.63 bits per heavy atom. The Morgan fingerprint density at radius 1 is 1.15 bits per heavy atom. The SMILES string of the molecule is CC(=O)c1cc(C(=O)NCc2cccnc2N(C)Cc2ccccc2)cs1. The molecular weight excluding hydrogens is 358 g/mol. The summed E-state index contributed by atoms with van der Waals surface area (Å²) in [5.74, 6) is 0.604. The van der Waals surface area contributed by atoms with Gasteiger partial charge in [0.1, 0.15) is 5.82 Å². The number of nitrogens with zero attached hydrogens (tertiary/aromatic N) is 2. The zero-order chi connectivity index (χ0) is 19.2. The zero-order valence-electron chi connectivity index (χ0n) is 15.3. The summed E-state index contributed by atoms with van der Waals surface area (Å²) in [4.78, 5) is 30.9. The zero-order valence-corrected chi connectivity index (χ0v) is 16.1. The maximum atomic E-state index is 12.4. The third-order valence-electron chi connectivity index (χ3n) is 4.14. The second-order valence-corrected chi connectivity index (χ2v) is 7.18. The van der Waals surface area contributed by atoms with Crippen molar-refractivity contribution < 1.29 is 9.59 Å². The van der Waals surface area contributed by atoms with Gasteiger partial charge in [0.05, 0.1) is 10.4 Å². The summed E-state index contributed by atoms with van der Waals surface area (Å²) in [6.45, 7) is 2.59. The number of pyridine rings is 1. The molecule has 1 amide bonds. The standard InChI is InChI=1S/C21H21N3O2S/c1-15(25)19-11-18(14-27-19)21(26)23-12-17-9-6-10-22-20(17)24(2)13-16-7-4-3-5-8-16/h3-11,14H,12-13H2,1-2H3,(H,23,26). The van der Waals surface area contributed by atoms with Gasteiger partial charge in [0.2, 0.25) is 0 Å². The third kappa shape index (κ3) is 4.80. The van der Waals surface area contributed by atoms with Crippen molar-refractivity contribution in [3.05, 3.63) is 81.7 Å². The maximum Gasteiger partial charge on any atom is 0.252 e. The van der Waals surface area contributed by atoms with Crippen LogP contribution in [0.1, 0.15) is 38.1 Å². The molecule has 0 aliphatic rings. The Hall–Kier alpha value is -2.99. The van der Waals surface area contributed by atoms with Gasteiger partial charge < -0.3 is 10.2 Å². The molecule has 2 heterocycles. The van der Waals surface area contributed by atoms with Crippen molar-refractivity contribution in [3.8, 4) is 0 Å². The molecule has 3 rings (SSSR count). The van der Waals surface area contributed by atoms with Crippen LogP contribution in [-0.4, -0.2) is 23.7 Å². The molecule has 138 valence electrons. The molecule has 0 aliphatic carbocycles. The van der Waals surface area contributed by atoms with Crippen LogP contribution < -0.4 is 10.2 Å². The molecule has 0 aliphatic heterocycles. The average molecular weight is 379 g/mol. The van der Waals surface area contributed by atoms with Crippen LogP contribution in [0.3, 0.4) is 0 Å². The number of ketones is 1. The molecule has 27 heavy (non-hydrogen) atoms. The smallest absolute Gasteiger partial charge is 0.252 e. The van der Waals surface area contributed by atoms with Crippen molar-refractivity contribution >= 4 is 28.8 Å². The van der Waals surface area contributed by atoms with E-state index >= 15 is 0 Å². The van der Waals surface area contributed by atoms with E-state index in [1.165, 1.54) is 23.8 Å². The molecule has 0 saturated heterocycles. The van der Waals surface area contributed by atoms with Crippen molar-refractivity contribution in [2.45, 2.75) is 20.0 Å². The summed E-state index contributed by atoms with van der Waals surface area (Å²) in [6.07, 6.45) is 1.75. The summed E-state index contributed by atoms with van der Waals surface area (Å²) in [6, 6.07) is 15.6. The van der Waals surface area contributed by atoms with E-state index in [2.05, 4.69) is 27.3 Å². The lowest BCUT2D eigenvalue weighted by Crippen LogP contribution is -2.25. The number of amides is 1. The lowest BCUT2D eigenvalue weighted by Gasteiger charge is -2.21. The van der Waals surface area contributed by atoms with Crippen LogP contribution in [0, 0.1) is 0 Å². The van der Waals surface area contributed by atoms with Crippen molar-refractivity contribution in [2.75, 3.05) is 11.9 Å². The monoisotopic (exact) mass is 379 g/mol. The summed E-state index contributed by atoms with van der Waals surface area (Å²) in [5.41, 5.74) is 2.63. The molecule has 0 radical (unpaired) electrons. The number of anilines is 1. The van der Waals surface area contributed by atoms with E-state index in [1.807, 2.05) is 37.4 Å². The molecule has 0 unspecified atom stereocenters. The van der Waals surface area contributed by atoms with E-state index in [9.17, 15) is 9.59 Å². The number of hydrogen-bond donors (Lipinski definition) is 1. The Labute approximate surface area is 162 Å². The number of benzene rings is 1. The van der Waals surface area contributed by atoms with Gasteiger partial charge in [-0.3, -0.25) is 9.59 Å². The second-order valence-electron chi connectivity index (χ2n) is 6.27. The van der Waals surface area contributed by atoms with Crippen LogP contribution in [0.2, 0.25) is 0 Å². The van der Waals surface area contributed by atoms with Gasteiger partial charge in [-0.2, -0.15) is 0 Å². The summed E-state index contributed by atoms with van der Waals surface area (Å²) in [7, 11) is 1.98. The van der Waals surface area contributed by atoms with E-state index in [0.29, 0.717) is 17.0 Å². The number of hydrogen-bond acceptors (Lipinski definition) is 5. The Morgan fingerprint density at radius 2 is 1.93 bits per heavy atom. The van der Waals surface area contributed by atoms with Gasteiger partial charge in [0.25, 0.3) is 5.91 Å². The average Bonchev–Trinajstić information content (AvgIpc) is 3.18. The first-order chi connectivity index (χ1) is 13.0. The number of thiophene rings is 1. The summed E-state index contributed by atoms with van der Waals surface area (Å²) < 4.78 is 0. The van der Waals surface area contributed by atoms with Crippen LogP contribution in [0.15, 0.2) is 60.1 Å². The molecule has 0 fully saturated rings. The highest BCUT2D eigenvalue weighted by Gasteiger charge is 2.13. The van der Waals surface area contributed by atoms with Gasteiger partial charge in [0, 0.05) is 37.3 Å². The molecule has 2 aromatic heterocycles. The number of nitrogens with one attached hydrogen (secondary N) is 1. The highest BCUT2D eigenvalue weighted by atomic mass is 32.1. The minimum atomic E-state index is -0.195. The van der Waals surface area contributed by atoms with E-state index < -0.39 is 0 Å². The summed E-state index contributed by atoms with van der Waals surface area (Å²) in [5, 5.41) is 4.62. The van der Waals surface area contributed by atoms with Crippen LogP contribution in [-0.2, 0) is 13.1 Å². The van der Waals surface area contributed by atoms with Crippen LogP contribution >= 0.6 is 11.3 Å². The van der Waals surface area contributed by atoms with Gasteiger partial charge in [-0.15, -0.1) is 11.3 Å². The summed E-state index contributed by atoms with van der Waals surface area (Å²) >= 11 is 1.29. The lowest BCUT2D eigenvalue weighted by atomic mass is 10.2. The third-order valence-corrected chi connectivity index (χ3v) is 5.17. The van der Waals surface area contributed by atoms with E-state index in [0.717, 1.165) is 17.9 Å². The molecular formula is C21H21N3O2S. The molecule has 3 aromatic rings. The molecule has 0 saturated carbocycles. The normalized spacial score (nSPS) is 10.4. The van der Waals surface area contributed by atoms with Crippen molar-refractivity contribution in [2.24, 2.45) is 0 Å². The van der Waals surface area contributed by atoms with Gasteiger partial charge >= 0.3 is 0 Å². The molecule has 0 spiro atoms. The fraction of sp³-hybridized carbons (Fsp3) is 0.190. The molecule has 5 nitrogen and oxygen atoms in total. The topological polar surface area (TPSA) is 62.3 Å². The van der Waals surface area contributed by atoms with Gasteiger partial charge in [-0.25, -0.2) is 4.98 Å². The molecule has 0 atom stereocenters. The number of carbonyl (C=O) groups is 2. The predicted octanol–water partition coefficient (Wildman–Crippen LogP) is 3.91. The van der Waals surface area contributed by atoms with Crippen molar-refractivity contribution in [3.63, 3.8) is 0 Å².